The highest BCUT2D eigenvalue weighted by atomic mass is 32.1. The Morgan fingerprint density at radius 1 is 1.26 bits per heavy atom. The van der Waals surface area contributed by atoms with Gasteiger partial charge in [-0.15, -0.1) is 11.3 Å². The molecule has 0 radical (unpaired) electrons. The van der Waals surface area contributed by atoms with Crippen LogP contribution in [-0.2, 0) is 6.54 Å². The van der Waals surface area contributed by atoms with E-state index >= 15 is 0 Å². The lowest BCUT2D eigenvalue weighted by atomic mass is 10.2. The molecule has 0 spiro atoms. The minimum absolute atomic E-state index is 0.0322. The molecule has 0 fully saturated rings. The van der Waals surface area contributed by atoms with Gasteiger partial charge in [0.2, 0.25) is 0 Å². The van der Waals surface area contributed by atoms with E-state index in [1.165, 1.54) is 24.3 Å². The van der Waals surface area contributed by atoms with Crippen LogP contribution in [0.2, 0.25) is 0 Å². The Labute approximate surface area is 112 Å². The van der Waals surface area contributed by atoms with Crippen LogP contribution >= 0.6 is 11.3 Å². The zero-order valence-electron chi connectivity index (χ0n) is 9.81. The highest BCUT2D eigenvalue weighted by molar-refractivity contribution is 7.09. The smallest absolute Gasteiger partial charge is 0.387 e. The van der Waals surface area contributed by atoms with Crippen LogP contribution in [0.4, 0.5) is 8.78 Å². The first-order valence-corrected chi connectivity index (χ1v) is 6.38. The summed E-state index contributed by atoms with van der Waals surface area (Å²) in [6, 6.07) is 9.40. The largest absolute Gasteiger partial charge is 0.435 e. The van der Waals surface area contributed by atoms with E-state index in [4.69, 9.17) is 0 Å². The van der Waals surface area contributed by atoms with Crippen molar-refractivity contribution < 1.29 is 18.3 Å². The predicted molar refractivity (Wildman–Crippen MR) is 68.6 cm³/mol. The number of benzene rings is 1. The van der Waals surface area contributed by atoms with E-state index in [9.17, 15) is 13.6 Å². The lowest BCUT2D eigenvalue weighted by Crippen LogP contribution is -2.22. The fraction of sp³-hybridized carbons (Fsp3) is 0.154. The summed E-state index contributed by atoms with van der Waals surface area (Å²) >= 11 is 1.55. The van der Waals surface area contributed by atoms with E-state index in [1.807, 2.05) is 17.5 Å². The SMILES string of the molecule is O=C(NCc1cccs1)c1ccc(OC(F)F)cc1. The Bertz CT molecular complexity index is 526. The standard InChI is InChI=1S/C13H11F2NO2S/c14-13(15)18-10-5-3-9(4-6-10)12(17)16-8-11-2-1-7-19-11/h1-7,13H,8H2,(H,16,17). The maximum absolute atomic E-state index is 12.0. The molecule has 19 heavy (non-hydrogen) atoms. The number of carbonyl (C=O) groups excluding carboxylic acids is 1. The summed E-state index contributed by atoms with van der Waals surface area (Å²) in [6.07, 6.45) is 0. The van der Waals surface area contributed by atoms with Gasteiger partial charge in [0.15, 0.2) is 0 Å². The molecule has 6 heteroatoms. The number of rotatable bonds is 5. The van der Waals surface area contributed by atoms with Crippen molar-refractivity contribution >= 4 is 17.2 Å². The van der Waals surface area contributed by atoms with Crippen LogP contribution in [0.15, 0.2) is 41.8 Å². The third kappa shape index (κ3) is 4.03. The van der Waals surface area contributed by atoms with Crippen LogP contribution in [0.5, 0.6) is 5.75 Å². The molecule has 1 N–H and O–H groups in total. The molecule has 1 amide bonds. The molecule has 100 valence electrons. The third-order valence-corrected chi connectivity index (χ3v) is 3.22. The van der Waals surface area contributed by atoms with Crippen LogP contribution in [0.3, 0.4) is 0 Å². The molecule has 3 nitrogen and oxygen atoms in total. The van der Waals surface area contributed by atoms with Crippen molar-refractivity contribution in [3.05, 3.63) is 52.2 Å². The van der Waals surface area contributed by atoms with Crippen LogP contribution in [0.1, 0.15) is 15.2 Å². The second-order valence-electron chi connectivity index (χ2n) is 3.66. The van der Waals surface area contributed by atoms with Crippen molar-refractivity contribution in [2.45, 2.75) is 13.2 Å². The van der Waals surface area contributed by atoms with Crippen LogP contribution in [-0.4, -0.2) is 12.5 Å². The second kappa shape index (κ2) is 6.29. The number of nitrogens with one attached hydrogen (secondary N) is 1. The Hall–Kier alpha value is -1.95. The number of thiophene rings is 1. The van der Waals surface area contributed by atoms with E-state index in [0.29, 0.717) is 12.1 Å². The fourth-order valence-electron chi connectivity index (χ4n) is 1.47. The van der Waals surface area contributed by atoms with Gasteiger partial charge in [-0.2, -0.15) is 8.78 Å². The van der Waals surface area contributed by atoms with Crippen molar-refractivity contribution in [3.8, 4) is 5.75 Å². The summed E-state index contributed by atoms with van der Waals surface area (Å²) in [4.78, 5) is 12.8. The average molecular weight is 283 g/mol. The molecule has 0 aliphatic rings. The summed E-state index contributed by atoms with van der Waals surface area (Å²) in [5.41, 5.74) is 0.401. The summed E-state index contributed by atoms with van der Waals surface area (Å²) in [6.45, 7) is -2.41. The molecular formula is C13H11F2NO2S. The quantitative estimate of drug-likeness (QED) is 0.914. The van der Waals surface area contributed by atoms with Gasteiger partial charge in [-0.1, -0.05) is 6.07 Å². The van der Waals surface area contributed by atoms with Crippen molar-refractivity contribution in [3.63, 3.8) is 0 Å². The molecule has 2 rings (SSSR count). The van der Waals surface area contributed by atoms with Gasteiger partial charge in [0.1, 0.15) is 5.75 Å². The number of carbonyl (C=O) groups is 1. The maximum Gasteiger partial charge on any atom is 0.387 e. The topological polar surface area (TPSA) is 38.3 Å². The number of hydrogen-bond donors (Lipinski definition) is 1. The van der Waals surface area contributed by atoms with Crippen LogP contribution < -0.4 is 10.1 Å². The summed E-state index contributed by atoms with van der Waals surface area (Å²) in [5, 5.41) is 4.67. The fourth-order valence-corrected chi connectivity index (χ4v) is 2.11. The molecule has 0 saturated carbocycles. The molecule has 1 aromatic carbocycles. The highest BCUT2D eigenvalue weighted by Crippen LogP contribution is 2.15. The third-order valence-electron chi connectivity index (χ3n) is 2.34. The molecule has 0 atom stereocenters. The van der Waals surface area contributed by atoms with Gasteiger partial charge in [-0.3, -0.25) is 4.79 Å². The van der Waals surface area contributed by atoms with Gasteiger partial charge in [0.05, 0.1) is 6.54 Å². The first-order chi connectivity index (χ1) is 9.15. The number of alkyl halides is 2. The van der Waals surface area contributed by atoms with Crippen molar-refractivity contribution in [2.75, 3.05) is 0 Å². The molecule has 0 bridgehead atoms. The molecule has 0 aliphatic heterocycles. The molecular weight excluding hydrogens is 272 g/mol. The molecule has 0 saturated heterocycles. The zero-order chi connectivity index (χ0) is 13.7. The molecule has 1 aromatic heterocycles. The Morgan fingerprint density at radius 3 is 2.58 bits per heavy atom. The normalized spacial score (nSPS) is 10.5. The zero-order valence-corrected chi connectivity index (χ0v) is 10.6. The molecule has 1 heterocycles. The lowest BCUT2D eigenvalue weighted by Gasteiger charge is -2.06. The van der Waals surface area contributed by atoms with Gasteiger partial charge in [-0.25, -0.2) is 0 Å². The first-order valence-electron chi connectivity index (χ1n) is 5.50. The van der Waals surface area contributed by atoms with E-state index in [2.05, 4.69) is 10.1 Å². The number of amides is 1. The summed E-state index contributed by atoms with van der Waals surface area (Å²) in [5.74, 6) is -0.221. The van der Waals surface area contributed by atoms with Gasteiger partial charge < -0.3 is 10.1 Å². The second-order valence-corrected chi connectivity index (χ2v) is 4.70. The van der Waals surface area contributed by atoms with Gasteiger partial charge in [0, 0.05) is 10.4 Å². The number of hydrogen-bond acceptors (Lipinski definition) is 3. The van der Waals surface area contributed by atoms with E-state index in [0.717, 1.165) is 4.88 Å². The minimum atomic E-state index is -2.86. The number of ether oxygens (including phenoxy) is 1. The van der Waals surface area contributed by atoms with Crippen molar-refractivity contribution in [1.82, 2.24) is 5.32 Å². The summed E-state index contributed by atoms with van der Waals surface area (Å²) in [7, 11) is 0. The lowest BCUT2D eigenvalue weighted by molar-refractivity contribution is -0.0498. The Balaban J connectivity index is 1.92. The molecule has 0 aliphatic carbocycles. The van der Waals surface area contributed by atoms with Gasteiger partial charge in [0.25, 0.3) is 5.91 Å². The monoisotopic (exact) mass is 283 g/mol. The Morgan fingerprint density at radius 2 is 2.00 bits per heavy atom. The van der Waals surface area contributed by atoms with Gasteiger partial charge >= 0.3 is 6.61 Å². The van der Waals surface area contributed by atoms with Crippen LogP contribution in [0.25, 0.3) is 0 Å². The number of halogens is 2. The van der Waals surface area contributed by atoms with E-state index in [-0.39, 0.29) is 11.7 Å². The minimum Gasteiger partial charge on any atom is -0.435 e. The Kier molecular flexibility index (Phi) is 4.46. The summed E-state index contributed by atoms with van der Waals surface area (Å²) < 4.78 is 28.1. The molecule has 2 aromatic rings. The highest BCUT2D eigenvalue weighted by Gasteiger charge is 2.08. The first kappa shape index (κ1) is 13.5. The maximum atomic E-state index is 12.0. The molecule has 0 unspecified atom stereocenters. The van der Waals surface area contributed by atoms with Crippen LogP contribution in [0, 0.1) is 0 Å². The predicted octanol–water partition coefficient (Wildman–Crippen LogP) is 3.28. The van der Waals surface area contributed by atoms with Crippen molar-refractivity contribution in [2.24, 2.45) is 0 Å². The average Bonchev–Trinajstić information content (AvgIpc) is 2.89. The van der Waals surface area contributed by atoms with E-state index < -0.39 is 6.61 Å². The van der Waals surface area contributed by atoms with Crippen molar-refractivity contribution in [1.29, 1.82) is 0 Å². The van der Waals surface area contributed by atoms with Gasteiger partial charge in [-0.05, 0) is 35.7 Å². The van der Waals surface area contributed by atoms with E-state index in [1.54, 1.807) is 11.3 Å².